The average Bonchev–Trinajstić information content (AvgIpc) is 3.29. The van der Waals surface area contributed by atoms with Crippen LogP contribution in [0.3, 0.4) is 0 Å². The first-order valence-electron chi connectivity index (χ1n) is 8.72. The summed E-state index contributed by atoms with van der Waals surface area (Å²) in [5.41, 5.74) is 4.29. The highest BCUT2D eigenvalue weighted by atomic mass is 16.6. The number of hydrogen-bond donors (Lipinski definition) is 3. The number of aromatic nitrogens is 6. The number of nitrogens with one attached hydrogen (secondary N) is 3. The van der Waals surface area contributed by atoms with Crippen LogP contribution in [0.25, 0.3) is 0 Å². The molecule has 3 aromatic rings. The van der Waals surface area contributed by atoms with E-state index < -0.39 is 7.12 Å². The third-order valence-corrected chi connectivity index (χ3v) is 4.79. The van der Waals surface area contributed by atoms with Gasteiger partial charge in [0.15, 0.2) is 0 Å². The topological polar surface area (TPSA) is 104 Å². The molecule has 138 valence electrons. The fourth-order valence-electron chi connectivity index (χ4n) is 2.70. The van der Waals surface area contributed by atoms with E-state index in [9.17, 15) is 0 Å². The van der Waals surface area contributed by atoms with E-state index in [0.29, 0.717) is 11.5 Å². The summed E-state index contributed by atoms with van der Waals surface area (Å²) in [5.74, 6) is 1.27. The highest BCUT2D eigenvalue weighted by Gasteiger charge is 2.39. The summed E-state index contributed by atoms with van der Waals surface area (Å²) >= 11 is 0. The summed E-state index contributed by atoms with van der Waals surface area (Å²) in [7, 11) is -0.679. The molecule has 0 atom stereocenters. The second-order valence-corrected chi connectivity index (χ2v) is 7.13. The summed E-state index contributed by atoms with van der Waals surface area (Å²) < 4.78 is 12.4. The monoisotopic (exact) mass is 356 g/mol. The van der Waals surface area contributed by atoms with Gasteiger partial charge in [-0.2, -0.15) is 15.3 Å². The Morgan fingerprint density at radius 3 is 1.88 bits per heavy atom. The fraction of sp³-hybridized carbons (Fsp3) is 0.471. The number of aromatic amines is 3. The molecule has 0 aliphatic rings. The Balaban J connectivity index is 2.05. The lowest BCUT2D eigenvalue weighted by Gasteiger charge is -2.24. The lowest BCUT2D eigenvalue weighted by atomic mass is 9.70. The van der Waals surface area contributed by atoms with Crippen molar-refractivity contribution in [2.75, 3.05) is 0 Å². The molecule has 3 aromatic heterocycles. The van der Waals surface area contributed by atoms with Crippen molar-refractivity contribution in [1.82, 2.24) is 30.6 Å². The van der Waals surface area contributed by atoms with E-state index in [1.165, 1.54) is 0 Å². The Hall–Kier alpha value is -2.71. The zero-order valence-electron chi connectivity index (χ0n) is 16.1. The third kappa shape index (κ3) is 3.33. The first-order chi connectivity index (χ1) is 12.3. The minimum atomic E-state index is -0.679. The van der Waals surface area contributed by atoms with Crippen LogP contribution >= 0.6 is 0 Å². The predicted molar refractivity (Wildman–Crippen MR) is 99.9 cm³/mol. The summed E-state index contributed by atoms with van der Waals surface area (Å²) in [6.45, 7) is 12.3. The van der Waals surface area contributed by atoms with Gasteiger partial charge in [0.25, 0.3) is 0 Å². The number of rotatable bonds is 7. The van der Waals surface area contributed by atoms with Gasteiger partial charge in [-0.3, -0.25) is 15.3 Å². The van der Waals surface area contributed by atoms with Gasteiger partial charge in [0, 0.05) is 11.1 Å². The largest absolute Gasteiger partial charge is 0.636 e. The molecule has 0 fully saturated rings. The molecular weight excluding hydrogens is 331 g/mol. The third-order valence-electron chi connectivity index (χ3n) is 4.79. The van der Waals surface area contributed by atoms with Gasteiger partial charge < -0.3 is 9.31 Å². The molecular formula is C17H25BN6O2. The predicted octanol–water partition coefficient (Wildman–Crippen LogP) is 2.32. The van der Waals surface area contributed by atoms with Crippen LogP contribution < -0.4 is 14.8 Å². The van der Waals surface area contributed by atoms with Gasteiger partial charge in [0.05, 0.1) is 34.9 Å². The van der Waals surface area contributed by atoms with E-state index in [0.717, 1.165) is 34.7 Å². The van der Waals surface area contributed by atoms with Crippen LogP contribution in [0.4, 0.5) is 0 Å². The number of H-pyrrole nitrogens is 3. The van der Waals surface area contributed by atoms with Crippen molar-refractivity contribution >= 4 is 12.6 Å². The second kappa shape index (κ2) is 6.89. The van der Waals surface area contributed by atoms with E-state index in [-0.39, 0.29) is 5.41 Å². The lowest BCUT2D eigenvalue weighted by Crippen LogP contribution is -2.47. The quantitative estimate of drug-likeness (QED) is 0.564. The molecule has 0 spiro atoms. The molecule has 8 nitrogen and oxygen atoms in total. The van der Waals surface area contributed by atoms with Crippen molar-refractivity contribution in [2.45, 2.75) is 53.4 Å². The first kappa shape index (κ1) is 18.1. The summed E-state index contributed by atoms with van der Waals surface area (Å²) in [6.07, 6.45) is 4.23. The van der Waals surface area contributed by atoms with E-state index in [2.05, 4.69) is 51.4 Å². The minimum absolute atomic E-state index is 0.123. The van der Waals surface area contributed by atoms with Crippen LogP contribution in [-0.4, -0.2) is 37.7 Å². The van der Waals surface area contributed by atoms with Crippen molar-refractivity contribution in [3.05, 3.63) is 35.2 Å². The fourth-order valence-corrected chi connectivity index (χ4v) is 2.70. The SMILES string of the molecule is CCC(C)(C)c1n[nH]c(C)c1B(Oc1cn[nH]c1C)Oc1cn[nH]c1C. The van der Waals surface area contributed by atoms with Gasteiger partial charge in [-0.1, -0.05) is 20.8 Å². The van der Waals surface area contributed by atoms with Crippen LogP contribution in [-0.2, 0) is 5.41 Å². The normalized spacial score (nSPS) is 11.6. The van der Waals surface area contributed by atoms with E-state index in [4.69, 9.17) is 9.31 Å². The van der Waals surface area contributed by atoms with Crippen molar-refractivity contribution in [2.24, 2.45) is 0 Å². The maximum Gasteiger partial charge on any atom is 0.636 e. The molecule has 0 bridgehead atoms. The Labute approximate surface area is 153 Å². The van der Waals surface area contributed by atoms with Crippen molar-refractivity contribution in [3.8, 4) is 11.5 Å². The van der Waals surface area contributed by atoms with Crippen LogP contribution in [0.2, 0.25) is 0 Å². The van der Waals surface area contributed by atoms with Crippen LogP contribution in [0.1, 0.15) is 50.0 Å². The molecule has 26 heavy (non-hydrogen) atoms. The molecule has 3 rings (SSSR count). The van der Waals surface area contributed by atoms with Crippen molar-refractivity contribution in [3.63, 3.8) is 0 Å². The van der Waals surface area contributed by atoms with E-state index in [1.807, 2.05) is 20.8 Å². The highest BCUT2D eigenvalue weighted by molar-refractivity contribution is 6.63. The van der Waals surface area contributed by atoms with Crippen LogP contribution in [0.15, 0.2) is 12.4 Å². The molecule has 0 saturated heterocycles. The van der Waals surface area contributed by atoms with Gasteiger partial charge >= 0.3 is 7.12 Å². The Morgan fingerprint density at radius 1 is 0.923 bits per heavy atom. The summed E-state index contributed by atoms with van der Waals surface area (Å²) in [4.78, 5) is 0. The molecule has 0 radical (unpaired) electrons. The highest BCUT2D eigenvalue weighted by Crippen LogP contribution is 2.26. The molecule has 0 saturated carbocycles. The molecule has 0 unspecified atom stereocenters. The molecule has 0 aromatic carbocycles. The summed E-state index contributed by atoms with van der Waals surface area (Å²) in [5, 5.41) is 21.5. The van der Waals surface area contributed by atoms with Gasteiger partial charge in [-0.05, 0) is 27.2 Å². The zero-order chi connectivity index (χ0) is 18.9. The number of hydrogen-bond acceptors (Lipinski definition) is 5. The van der Waals surface area contributed by atoms with Gasteiger partial charge in [-0.25, -0.2) is 0 Å². The smallest absolute Gasteiger partial charge is 0.519 e. The molecule has 9 heteroatoms. The second-order valence-electron chi connectivity index (χ2n) is 7.13. The Morgan fingerprint density at radius 2 is 1.46 bits per heavy atom. The Bertz CT molecular complexity index is 839. The van der Waals surface area contributed by atoms with Crippen LogP contribution in [0, 0.1) is 20.8 Å². The first-order valence-corrected chi connectivity index (χ1v) is 8.72. The lowest BCUT2D eigenvalue weighted by molar-refractivity contribution is 0.431. The van der Waals surface area contributed by atoms with Gasteiger partial charge in [0.2, 0.25) is 0 Å². The van der Waals surface area contributed by atoms with Crippen LogP contribution in [0.5, 0.6) is 11.5 Å². The molecule has 3 N–H and O–H groups in total. The van der Waals surface area contributed by atoms with Crippen molar-refractivity contribution < 1.29 is 9.31 Å². The average molecular weight is 356 g/mol. The minimum Gasteiger partial charge on any atom is -0.519 e. The zero-order valence-corrected chi connectivity index (χ0v) is 16.1. The summed E-state index contributed by atoms with van der Waals surface area (Å²) in [6, 6.07) is 0. The van der Waals surface area contributed by atoms with Crippen molar-refractivity contribution in [1.29, 1.82) is 0 Å². The number of nitrogens with zero attached hydrogens (tertiary/aromatic N) is 3. The molecule has 0 aliphatic heterocycles. The standard InChI is InChI=1S/C17H25BN6O2/c1-7-17(5,6)16-15(12(4)23-24-16)18(25-13-8-19-21-10(13)2)26-14-9-20-22-11(14)3/h8-9H,7H2,1-6H3,(H,19,21)(H,20,22)(H,23,24). The molecule has 3 heterocycles. The Kier molecular flexibility index (Phi) is 4.80. The maximum atomic E-state index is 6.20. The maximum absolute atomic E-state index is 6.20. The van der Waals surface area contributed by atoms with E-state index in [1.54, 1.807) is 12.4 Å². The number of aryl methyl sites for hydroxylation is 3. The van der Waals surface area contributed by atoms with Gasteiger partial charge in [-0.15, -0.1) is 0 Å². The molecule has 0 amide bonds. The van der Waals surface area contributed by atoms with E-state index >= 15 is 0 Å². The van der Waals surface area contributed by atoms with Gasteiger partial charge in [0.1, 0.15) is 11.5 Å². The molecule has 0 aliphatic carbocycles.